The molecule has 3 saturated carbocycles. The van der Waals surface area contributed by atoms with Crippen LogP contribution in [-0.2, 0) is 0 Å². The highest BCUT2D eigenvalue weighted by molar-refractivity contribution is 5.09. The summed E-state index contributed by atoms with van der Waals surface area (Å²) in [5.41, 5.74) is -0.164. The molecule has 0 aliphatic heterocycles. The molecule has 3 heteroatoms. The third kappa shape index (κ3) is 1.81. The smallest absolute Gasteiger partial charge is 0.0618 e. The van der Waals surface area contributed by atoms with Crippen LogP contribution in [0.5, 0.6) is 0 Å². The van der Waals surface area contributed by atoms with Gasteiger partial charge in [0, 0.05) is 5.41 Å². The van der Waals surface area contributed by atoms with E-state index in [0.29, 0.717) is 17.8 Å². The summed E-state index contributed by atoms with van der Waals surface area (Å²) in [6.45, 7) is 4.49. The van der Waals surface area contributed by atoms with Crippen LogP contribution < -0.4 is 0 Å². The second-order valence-corrected chi connectivity index (χ2v) is 7.85. The maximum Gasteiger partial charge on any atom is 0.0618 e. The summed E-state index contributed by atoms with van der Waals surface area (Å²) < 4.78 is 0. The fourth-order valence-corrected chi connectivity index (χ4v) is 5.86. The maximum absolute atomic E-state index is 10.4. The van der Waals surface area contributed by atoms with Crippen LogP contribution in [0.1, 0.15) is 52.4 Å². The van der Waals surface area contributed by atoms with E-state index in [-0.39, 0.29) is 29.6 Å². The van der Waals surface area contributed by atoms with E-state index in [1.54, 1.807) is 0 Å². The van der Waals surface area contributed by atoms with Crippen LogP contribution in [-0.4, -0.2) is 34.1 Å². The zero-order chi connectivity index (χ0) is 13.8. The standard InChI is InChI=1S/C16H28O3/c1-15-6-5-14(19)16(2,9-17)13(15)4-3-10-7-11(18)8-12(10)15/h10-14,17-19H,3-9H2,1-2H3/t10?,11?,12?,13-,14?,15-,16+/m1/s1. The van der Waals surface area contributed by atoms with Crippen molar-refractivity contribution < 1.29 is 15.3 Å². The maximum atomic E-state index is 10.4. The summed E-state index contributed by atoms with van der Waals surface area (Å²) in [6, 6.07) is 0. The van der Waals surface area contributed by atoms with Gasteiger partial charge >= 0.3 is 0 Å². The van der Waals surface area contributed by atoms with Gasteiger partial charge in [-0.3, -0.25) is 0 Å². The molecule has 3 rings (SSSR count). The van der Waals surface area contributed by atoms with Crippen molar-refractivity contribution in [3.05, 3.63) is 0 Å². The zero-order valence-corrected chi connectivity index (χ0v) is 12.2. The molecule has 3 N–H and O–H groups in total. The molecule has 19 heavy (non-hydrogen) atoms. The number of hydrogen-bond acceptors (Lipinski definition) is 3. The van der Waals surface area contributed by atoms with Crippen molar-refractivity contribution in [3.8, 4) is 0 Å². The summed E-state index contributed by atoms with van der Waals surface area (Å²) in [6.07, 6.45) is 5.48. The van der Waals surface area contributed by atoms with Gasteiger partial charge in [-0.1, -0.05) is 13.8 Å². The van der Waals surface area contributed by atoms with Crippen LogP contribution in [0, 0.1) is 28.6 Å². The fraction of sp³-hybridized carbons (Fsp3) is 1.00. The topological polar surface area (TPSA) is 60.7 Å². The molecule has 3 nitrogen and oxygen atoms in total. The highest BCUT2D eigenvalue weighted by Gasteiger charge is 2.60. The van der Waals surface area contributed by atoms with Gasteiger partial charge in [0.1, 0.15) is 0 Å². The van der Waals surface area contributed by atoms with Crippen molar-refractivity contribution in [2.45, 2.75) is 64.6 Å². The molecule has 4 unspecified atom stereocenters. The molecule has 0 aromatic heterocycles. The highest BCUT2D eigenvalue weighted by Crippen LogP contribution is 2.64. The van der Waals surface area contributed by atoms with Gasteiger partial charge in [0.05, 0.1) is 18.8 Å². The van der Waals surface area contributed by atoms with Crippen molar-refractivity contribution in [1.29, 1.82) is 0 Å². The van der Waals surface area contributed by atoms with E-state index in [2.05, 4.69) is 13.8 Å². The van der Waals surface area contributed by atoms with Gasteiger partial charge in [-0.25, -0.2) is 0 Å². The summed E-state index contributed by atoms with van der Waals surface area (Å²) in [7, 11) is 0. The molecule has 110 valence electrons. The molecule has 3 aliphatic carbocycles. The monoisotopic (exact) mass is 268 g/mol. The molecule has 0 aromatic carbocycles. The Hall–Kier alpha value is -0.120. The SMILES string of the molecule is C[C@@]1(CO)C(O)CC[C@]2(C)C3CC(O)CC3CC[C@@H]12. The fourth-order valence-electron chi connectivity index (χ4n) is 5.86. The Balaban J connectivity index is 1.94. The first-order valence-corrected chi connectivity index (χ1v) is 7.89. The van der Waals surface area contributed by atoms with Crippen molar-refractivity contribution in [3.63, 3.8) is 0 Å². The van der Waals surface area contributed by atoms with Gasteiger partial charge in [0.15, 0.2) is 0 Å². The second kappa shape index (κ2) is 4.44. The van der Waals surface area contributed by atoms with Gasteiger partial charge in [-0.2, -0.15) is 0 Å². The Labute approximate surface area is 116 Å². The van der Waals surface area contributed by atoms with Crippen LogP contribution in [0.2, 0.25) is 0 Å². The van der Waals surface area contributed by atoms with E-state index in [1.807, 2.05) is 0 Å². The summed E-state index contributed by atoms with van der Waals surface area (Å²) >= 11 is 0. The number of aliphatic hydroxyl groups excluding tert-OH is 3. The molecule has 0 aromatic rings. The lowest BCUT2D eigenvalue weighted by Crippen LogP contribution is -2.57. The van der Waals surface area contributed by atoms with Crippen LogP contribution in [0.25, 0.3) is 0 Å². The largest absolute Gasteiger partial charge is 0.396 e. The predicted octanol–water partition coefficient (Wildman–Crippen LogP) is 1.94. The molecule has 3 fully saturated rings. The van der Waals surface area contributed by atoms with E-state index < -0.39 is 0 Å². The molecule has 0 spiro atoms. The lowest BCUT2D eigenvalue weighted by Gasteiger charge is -2.60. The highest BCUT2D eigenvalue weighted by atomic mass is 16.3. The van der Waals surface area contributed by atoms with Crippen molar-refractivity contribution in [2.75, 3.05) is 6.61 Å². The van der Waals surface area contributed by atoms with E-state index in [0.717, 1.165) is 38.5 Å². The van der Waals surface area contributed by atoms with Gasteiger partial charge in [0.2, 0.25) is 0 Å². The van der Waals surface area contributed by atoms with Gasteiger partial charge in [-0.05, 0) is 61.7 Å². The van der Waals surface area contributed by atoms with Gasteiger partial charge < -0.3 is 15.3 Å². The number of fused-ring (bicyclic) bond motifs is 3. The Morgan fingerprint density at radius 1 is 1.05 bits per heavy atom. The van der Waals surface area contributed by atoms with Crippen molar-refractivity contribution in [2.24, 2.45) is 28.6 Å². The molecule has 0 saturated heterocycles. The molecule has 3 aliphatic rings. The van der Waals surface area contributed by atoms with Crippen LogP contribution in [0.3, 0.4) is 0 Å². The third-order valence-electron chi connectivity index (χ3n) is 6.99. The van der Waals surface area contributed by atoms with Gasteiger partial charge in [0.25, 0.3) is 0 Å². The number of rotatable bonds is 1. The third-order valence-corrected chi connectivity index (χ3v) is 6.99. The Morgan fingerprint density at radius 3 is 2.47 bits per heavy atom. The Morgan fingerprint density at radius 2 is 1.79 bits per heavy atom. The lowest BCUT2D eigenvalue weighted by molar-refractivity contribution is -0.168. The Bertz CT molecular complexity index is 358. The molecular weight excluding hydrogens is 240 g/mol. The van der Waals surface area contributed by atoms with E-state index in [1.165, 1.54) is 0 Å². The quantitative estimate of drug-likeness (QED) is 0.681. The second-order valence-electron chi connectivity index (χ2n) is 7.85. The molecule has 0 bridgehead atoms. The molecule has 0 heterocycles. The molecular formula is C16H28O3. The Kier molecular flexibility index (Phi) is 3.23. The first-order chi connectivity index (χ1) is 8.91. The summed E-state index contributed by atoms with van der Waals surface area (Å²) in [4.78, 5) is 0. The summed E-state index contributed by atoms with van der Waals surface area (Å²) in [5, 5.41) is 30.2. The average molecular weight is 268 g/mol. The van der Waals surface area contributed by atoms with Crippen molar-refractivity contribution >= 4 is 0 Å². The average Bonchev–Trinajstić information content (AvgIpc) is 2.76. The van der Waals surface area contributed by atoms with E-state index >= 15 is 0 Å². The van der Waals surface area contributed by atoms with Crippen molar-refractivity contribution in [1.82, 2.24) is 0 Å². The van der Waals surface area contributed by atoms with E-state index in [9.17, 15) is 15.3 Å². The van der Waals surface area contributed by atoms with Crippen LogP contribution >= 0.6 is 0 Å². The first-order valence-electron chi connectivity index (χ1n) is 7.89. The minimum Gasteiger partial charge on any atom is -0.396 e. The summed E-state index contributed by atoms with van der Waals surface area (Å²) in [5.74, 6) is 1.63. The minimum absolute atomic E-state index is 0.0777. The minimum atomic E-state index is -0.376. The number of hydrogen-bond donors (Lipinski definition) is 3. The first kappa shape index (κ1) is 13.8. The molecule has 0 amide bonds. The predicted molar refractivity (Wildman–Crippen MR) is 73.5 cm³/mol. The normalized spacial score (nSPS) is 57.6. The zero-order valence-electron chi connectivity index (χ0n) is 12.2. The van der Waals surface area contributed by atoms with E-state index in [4.69, 9.17) is 0 Å². The van der Waals surface area contributed by atoms with Gasteiger partial charge in [-0.15, -0.1) is 0 Å². The molecule has 7 atom stereocenters. The van der Waals surface area contributed by atoms with Crippen LogP contribution in [0.15, 0.2) is 0 Å². The number of aliphatic hydroxyl groups is 3. The lowest BCUT2D eigenvalue weighted by atomic mass is 9.46. The van der Waals surface area contributed by atoms with Crippen LogP contribution in [0.4, 0.5) is 0 Å². The molecule has 0 radical (unpaired) electrons.